The van der Waals surface area contributed by atoms with Crippen molar-refractivity contribution >= 4 is 17.9 Å². The number of carbonyl (C=O) groups is 1. The highest BCUT2D eigenvalue weighted by molar-refractivity contribution is 5.87. The number of carboxylic acids is 1. The molecule has 0 saturated carbocycles. The summed E-state index contributed by atoms with van der Waals surface area (Å²) in [5, 5.41) is 13.2. The molecule has 0 bridgehead atoms. The van der Waals surface area contributed by atoms with Crippen LogP contribution in [0.25, 0.3) is 6.08 Å². The fraction of sp³-hybridized carbons (Fsp3) is 0.571. The fourth-order valence-corrected chi connectivity index (χ4v) is 2.07. The Kier molecular flexibility index (Phi) is 4.75. The zero-order chi connectivity index (χ0) is 14.7. The lowest BCUT2D eigenvalue weighted by atomic mass is 10.0. The first-order valence-electron chi connectivity index (χ1n) is 6.43. The van der Waals surface area contributed by atoms with E-state index >= 15 is 0 Å². The quantitative estimate of drug-likeness (QED) is 0.830. The van der Waals surface area contributed by atoms with Crippen LogP contribution in [0.3, 0.4) is 0 Å². The smallest absolute Gasteiger partial charge is 0.328 e. The largest absolute Gasteiger partial charge is 0.478 e. The third-order valence-electron chi connectivity index (χ3n) is 3.54. The maximum absolute atomic E-state index is 10.7. The topological polar surface area (TPSA) is 58.4 Å². The number of hydrogen-bond acceptors (Lipinski definition) is 3. The first-order valence-corrected chi connectivity index (χ1v) is 6.43. The Morgan fingerprint density at radius 1 is 1.42 bits per heavy atom. The van der Waals surface area contributed by atoms with Crippen LogP contribution >= 0.6 is 0 Å². The van der Waals surface area contributed by atoms with E-state index in [-0.39, 0.29) is 0 Å². The summed E-state index contributed by atoms with van der Waals surface area (Å²) in [4.78, 5) is 12.8. The monoisotopic (exact) mass is 265 g/mol. The SMILES string of the molecule is Cc1nn(C)c(N(C)C(C)C(C)C)c1/C=C/C(=O)O. The van der Waals surface area contributed by atoms with Crippen LogP contribution in [0.4, 0.5) is 5.82 Å². The molecule has 106 valence electrons. The summed E-state index contributed by atoms with van der Waals surface area (Å²) < 4.78 is 1.80. The van der Waals surface area contributed by atoms with E-state index in [2.05, 4.69) is 30.8 Å². The lowest BCUT2D eigenvalue weighted by Crippen LogP contribution is -2.34. The van der Waals surface area contributed by atoms with Crippen molar-refractivity contribution in [2.45, 2.75) is 33.7 Å². The van der Waals surface area contributed by atoms with Gasteiger partial charge in [-0.15, -0.1) is 0 Å². The van der Waals surface area contributed by atoms with Crippen LogP contribution in [-0.4, -0.2) is 33.9 Å². The van der Waals surface area contributed by atoms with Gasteiger partial charge in [0.15, 0.2) is 0 Å². The molecule has 5 heteroatoms. The molecule has 1 heterocycles. The third-order valence-corrected chi connectivity index (χ3v) is 3.54. The highest BCUT2D eigenvalue weighted by atomic mass is 16.4. The molecule has 1 aromatic rings. The van der Waals surface area contributed by atoms with Gasteiger partial charge in [0.1, 0.15) is 5.82 Å². The first-order chi connectivity index (χ1) is 8.75. The van der Waals surface area contributed by atoms with Gasteiger partial charge in [-0.3, -0.25) is 4.68 Å². The van der Waals surface area contributed by atoms with Gasteiger partial charge in [-0.05, 0) is 25.8 Å². The van der Waals surface area contributed by atoms with Crippen LogP contribution in [0.1, 0.15) is 32.0 Å². The summed E-state index contributed by atoms with van der Waals surface area (Å²) in [6, 6.07) is 0.340. The molecule has 0 aliphatic carbocycles. The van der Waals surface area contributed by atoms with Gasteiger partial charge in [0, 0.05) is 31.8 Å². The van der Waals surface area contributed by atoms with Gasteiger partial charge in [-0.2, -0.15) is 5.10 Å². The van der Waals surface area contributed by atoms with E-state index in [1.54, 1.807) is 10.8 Å². The second-order valence-electron chi connectivity index (χ2n) is 5.21. The van der Waals surface area contributed by atoms with Crippen LogP contribution in [0.2, 0.25) is 0 Å². The van der Waals surface area contributed by atoms with Crippen molar-refractivity contribution in [3.8, 4) is 0 Å². The standard InChI is InChI=1S/C14H23N3O2/c1-9(2)11(4)16(5)14-12(7-8-13(18)19)10(3)15-17(14)6/h7-9,11H,1-6H3,(H,18,19)/b8-7+. The van der Waals surface area contributed by atoms with Crippen molar-refractivity contribution in [1.82, 2.24) is 9.78 Å². The molecular weight excluding hydrogens is 242 g/mol. The minimum Gasteiger partial charge on any atom is -0.478 e. The molecule has 1 N–H and O–H groups in total. The Bertz CT molecular complexity index is 489. The van der Waals surface area contributed by atoms with E-state index in [4.69, 9.17) is 5.11 Å². The fourth-order valence-electron chi connectivity index (χ4n) is 2.07. The molecule has 1 aromatic heterocycles. The maximum Gasteiger partial charge on any atom is 0.328 e. The Balaban J connectivity index is 3.23. The van der Waals surface area contributed by atoms with Gasteiger partial charge in [0.05, 0.1) is 5.69 Å². The molecule has 0 aliphatic rings. The Hall–Kier alpha value is -1.78. The lowest BCUT2D eigenvalue weighted by molar-refractivity contribution is -0.131. The molecule has 0 fully saturated rings. The van der Waals surface area contributed by atoms with Gasteiger partial charge in [-0.25, -0.2) is 4.79 Å². The molecule has 1 rings (SSSR count). The van der Waals surface area contributed by atoms with Gasteiger partial charge in [-0.1, -0.05) is 13.8 Å². The van der Waals surface area contributed by atoms with Crippen molar-refractivity contribution in [2.75, 3.05) is 11.9 Å². The molecule has 5 nitrogen and oxygen atoms in total. The predicted octanol–water partition coefficient (Wildman–Crippen LogP) is 2.31. The highest BCUT2D eigenvalue weighted by Gasteiger charge is 2.21. The second-order valence-corrected chi connectivity index (χ2v) is 5.21. The van der Waals surface area contributed by atoms with Crippen LogP contribution in [0, 0.1) is 12.8 Å². The van der Waals surface area contributed by atoms with Crippen molar-refractivity contribution in [3.05, 3.63) is 17.3 Å². The normalized spacial score (nSPS) is 13.2. The summed E-state index contributed by atoms with van der Waals surface area (Å²) in [6.07, 6.45) is 2.77. The first kappa shape index (κ1) is 15.3. The van der Waals surface area contributed by atoms with Gasteiger partial charge < -0.3 is 10.0 Å². The average molecular weight is 265 g/mol. The van der Waals surface area contributed by atoms with E-state index in [1.807, 2.05) is 21.0 Å². The Morgan fingerprint density at radius 3 is 2.47 bits per heavy atom. The summed E-state index contributed by atoms with van der Waals surface area (Å²) in [5.74, 6) is 0.487. The van der Waals surface area contributed by atoms with Crippen molar-refractivity contribution < 1.29 is 9.90 Å². The number of aliphatic carboxylic acids is 1. The maximum atomic E-state index is 10.7. The minimum atomic E-state index is -0.950. The van der Waals surface area contributed by atoms with E-state index in [0.717, 1.165) is 23.2 Å². The molecule has 0 aliphatic heterocycles. The molecular formula is C14H23N3O2. The van der Waals surface area contributed by atoms with Gasteiger partial charge >= 0.3 is 5.97 Å². The molecule has 1 unspecified atom stereocenters. The van der Waals surface area contributed by atoms with E-state index < -0.39 is 5.97 Å². The van der Waals surface area contributed by atoms with Crippen molar-refractivity contribution in [1.29, 1.82) is 0 Å². The Morgan fingerprint density at radius 2 is 2.00 bits per heavy atom. The molecule has 0 spiro atoms. The molecule has 1 atom stereocenters. The van der Waals surface area contributed by atoms with Crippen molar-refractivity contribution in [2.24, 2.45) is 13.0 Å². The second kappa shape index (κ2) is 5.91. The number of carboxylic acid groups (broad SMARTS) is 1. The molecule has 0 amide bonds. The minimum absolute atomic E-state index is 0.340. The lowest BCUT2D eigenvalue weighted by Gasteiger charge is -2.30. The average Bonchev–Trinajstić information content (AvgIpc) is 2.59. The number of aromatic nitrogens is 2. The summed E-state index contributed by atoms with van der Waals surface area (Å²) >= 11 is 0. The Labute approximate surface area is 114 Å². The molecule has 0 saturated heterocycles. The van der Waals surface area contributed by atoms with Crippen LogP contribution < -0.4 is 4.90 Å². The van der Waals surface area contributed by atoms with E-state index in [1.165, 1.54) is 0 Å². The van der Waals surface area contributed by atoms with Crippen molar-refractivity contribution in [3.63, 3.8) is 0 Å². The number of nitrogens with zero attached hydrogens (tertiary/aromatic N) is 3. The van der Waals surface area contributed by atoms with Crippen LogP contribution in [0.5, 0.6) is 0 Å². The summed E-state index contributed by atoms with van der Waals surface area (Å²) in [7, 11) is 3.89. The molecule has 0 radical (unpaired) electrons. The van der Waals surface area contributed by atoms with Crippen LogP contribution in [-0.2, 0) is 11.8 Å². The number of rotatable bonds is 5. The molecule has 19 heavy (non-hydrogen) atoms. The van der Waals surface area contributed by atoms with Gasteiger partial charge in [0.2, 0.25) is 0 Å². The highest BCUT2D eigenvalue weighted by Crippen LogP contribution is 2.26. The third kappa shape index (κ3) is 3.36. The van der Waals surface area contributed by atoms with E-state index in [0.29, 0.717) is 12.0 Å². The zero-order valence-electron chi connectivity index (χ0n) is 12.5. The van der Waals surface area contributed by atoms with Gasteiger partial charge in [0.25, 0.3) is 0 Å². The number of hydrogen-bond donors (Lipinski definition) is 1. The van der Waals surface area contributed by atoms with Crippen LogP contribution in [0.15, 0.2) is 6.08 Å². The molecule has 0 aromatic carbocycles. The summed E-state index contributed by atoms with van der Waals surface area (Å²) in [6.45, 7) is 8.37. The zero-order valence-corrected chi connectivity index (χ0v) is 12.5. The number of aryl methyl sites for hydroxylation is 2. The van der Waals surface area contributed by atoms with E-state index in [9.17, 15) is 4.79 Å². The summed E-state index contributed by atoms with van der Waals surface area (Å²) in [5.41, 5.74) is 1.69. The predicted molar refractivity (Wildman–Crippen MR) is 77.3 cm³/mol. The number of anilines is 1.